The Labute approximate surface area is 119 Å². The van der Waals surface area contributed by atoms with E-state index in [1.54, 1.807) is 0 Å². The normalized spacial score (nSPS) is 13.4. The average Bonchev–Trinajstić information content (AvgIpc) is 2.88. The Kier molecular flexibility index (Phi) is 4.52. The molecule has 2 N–H and O–H groups in total. The van der Waals surface area contributed by atoms with Crippen LogP contribution in [0, 0.1) is 0 Å². The minimum atomic E-state index is -0.506. The van der Waals surface area contributed by atoms with Crippen molar-refractivity contribution in [2.75, 3.05) is 6.54 Å². The Morgan fingerprint density at radius 3 is 2.55 bits per heavy atom. The molecule has 1 atom stereocenters. The minimum Gasteiger partial charge on any atom is -0.387 e. The molecule has 5 heteroatoms. The number of aliphatic hydroxyl groups excluding tert-OH is 1. The van der Waals surface area contributed by atoms with Crippen LogP contribution in [-0.4, -0.2) is 26.6 Å². The van der Waals surface area contributed by atoms with Gasteiger partial charge in [0.2, 0.25) is 0 Å². The lowest BCUT2D eigenvalue weighted by atomic mass is 10.1. The Balaban J connectivity index is 1.83. The van der Waals surface area contributed by atoms with Crippen LogP contribution < -0.4 is 5.32 Å². The van der Waals surface area contributed by atoms with Crippen molar-refractivity contribution in [2.45, 2.75) is 39.0 Å². The van der Waals surface area contributed by atoms with Crippen LogP contribution in [0.25, 0.3) is 0 Å². The molecule has 0 saturated carbocycles. The summed E-state index contributed by atoms with van der Waals surface area (Å²) in [5.74, 6) is 0. The molecule has 2 aromatic rings. The van der Waals surface area contributed by atoms with Gasteiger partial charge >= 0.3 is 0 Å². The van der Waals surface area contributed by atoms with Gasteiger partial charge in [0.15, 0.2) is 0 Å². The summed E-state index contributed by atoms with van der Waals surface area (Å²) in [6.07, 6.45) is 1.43. The fraction of sp³-hybridized carbons (Fsp3) is 0.467. The van der Waals surface area contributed by atoms with Gasteiger partial charge in [0.25, 0.3) is 0 Å². The molecule has 0 amide bonds. The van der Waals surface area contributed by atoms with E-state index >= 15 is 0 Å². The lowest BCUT2D eigenvalue weighted by Gasteiger charge is -2.17. The largest absolute Gasteiger partial charge is 0.387 e. The number of nitrogens with one attached hydrogen (secondary N) is 1. The van der Waals surface area contributed by atoms with E-state index in [1.807, 2.05) is 41.2 Å². The maximum atomic E-state index is 10.0. The fourth-order valence-electron chi connectivity index (χ4n) is 1.84. The molecule has 0 aliphatic carbocycles. The highest BCUT2D eigenvalue weighted by Crippen LogP contribution is 2.12. The van der Waals surface area contributed by atoms with Crippen molar-refractivity contribution in [1.29, 1.82) is 0 Å². The smallest absolute Gasteiger partial charge is 0.0965 e. The maximum absolute atomic E-state index is 10.0. The molecule has 0 aliphatic rings. The van der Waals surface area contributed by atoms with Gasteiger partial charge < -0.3 is 10.4 Å². The van der Waals surface area contributed by atoms with Crippen molar-refractivity contribution in [3.05, 3.63) is 47.8 Å². The quantitative estimate of drug-likeness (QED) is 0.873. The molecule has 1 aromatic carbocycles. The lowest BCUT2D eigenvalue weighted by Crippen LogP contribution is -2.22. The Morgan fingerprint density at radius 2 is 1.95 bits per heavy atom. The van der Waals surface area contributed by atoms with Gasteiger partial charge in [-0.15, -0.1) is 5.10 Å². The van der Waals surface area contributed by atoms with Crippen LogP contribution in [-0.2, 0) is 12.1 Å². The molecule has 108 valence electrons. The predicted octanol–water partition coefficient (Wildman–Crippen LogP) is 1.86. The highest BCUT2D eigenvalue weighted by molar-refractivity contribution is 5.17. The Morgan fingerprint density at radius 1 is 1.25 bits per heavy atom. The maximum Gasteiger partial charge on any atom is 0.0965 e. The zero-order valence-corrected chi connectivity index (χ0v) is 12.2. The van der Waals surface area contributed by atoms with Gasteiger partial charge in [0, 0.05) is 13.1 Å². The molecule has 0 aliphatic heterocycles. The molecule has 0 spiro atoms. The number of rotatable bonds is 5. The first-order valence-corrected chi connectivity index (χ1v) is 6.82. The second-order valence-corrected chi connectivity index (χ2v) is 5.88. The van der Waals surface area contributed by atoms with Crippen LogP contribution in [0.4, 0.5) is 0 Å². The number of hydrogen-bond acceptors (Lipinski definition) is 4. The molecule has 20 heavy (non-hydrogen) atoms. The SMILES string of the molecule is CC(C)(C)n1cc(CNCC(O)c2ccccc2)nn1. The standard InChI is InChI=1S/C15H22N4O/c1-15(2,3)19-11-13(17-18-19)9-16-10-14(20)12-7-5-4-6-8-12/h4-8,11,14,16,20H,9-10H2,1-3H3. The summed E-state index contributed by atoms with van der Waals surface area (Å²) in [5, 5.41) is 21.5. The van der Waals surface area contributed by atoms with Crippen LogP contribution >= 0.6 is 0 Å². The van der Waals surface area contributed by atoms with E-state index in [0.717, 1.165) is 11.3 Å². The first-order valence-electron chi connectivity index (χ1n) is 6.82. The molecular weight excluding hydrogens is 252 g/mol. The van der Waals surface area contributed by atoms with Crippen LogP contribution in [0.15, 0.2) is 36.5 Å². The van der Waals surface area contributed by atoms with Crippen LogP contribution in [0.2, 0.25) is 0 Å². The predicted molar refractivity (Wildman–Crippen MR) is 78.1 cm³/mol. The van der Waals surface area contributed by atoms with E-state index in [-0.39, 0.29) is 5.54 Å². The van der Waals surface area contributed by atoms with Crippen molar-refractivity contribution >= 4 is 0 Å². The first kappa shape index (κ1) is 14.7. The monoisotopic (exact) mass is 274 g/mol. The van der Waals surface area contributed by atoms with E-state index in [0.29, 0.717) is 13.1 Å². The zero-order chi connectivity index (χ0) is 14.6. The Bertz CT molecular complexity index is 530. The van der Waals surface area contributed by atoms with Gasteiger partial charge in [0.05, 0.1) is 23.5 Å². The van der Waals surface area contributed by atoms with Crippen molar-refractivity contribution in [3.8, 4) is 0 Å². The topological polar surface area (TPSA) is 63.0 Å². The second kappa shape index (κ2) is 6.15. The van der Waals surface area contributed by atoms with Crippen molar-refractivity contribution in [2.24, 2.45) is 0 Å². The molecule has 1 unspecified atom stereocenters. The van der Waals surface area contributed by atoms with Crippen molar-refractivity contribution < 1.29 is 5.11 Å². The van der Waals surface area contributed by atoms with Crippen LogP contribution in [0.1, 0.15) is 38.1 Å². The summed E-state index contributed by atoms with van der Waals surface area (Å²) in [5.41, 5.74) is 1.73. The van der Waals surface area contributed by atoms with E-state index < -0.39 is 6.10 Å². The van der Waals surface area contributed by atoms with Gasteiger partial charge in [-0.25, -0.2) is 4.68 Å². The van der Waals surface area contributed by atoms with Crippen molar-refractivity contribution in [3.63, 3.8) is 0 Å². The van der Waals surface area contributed by atoms with Crippen molar-refractivity contribution in [1.82, 2.24) is 20.3 Å². The highest BCUT2D eigenvalue weighted by atomic mass is 16.3. The van der Waals surface area contributed by atoms with E-state index in [4.69, 9.17) is 0 Å². The third-order valence-corrected chi connectivity index (χ3v) is 3.06. The molecule has 2 rings (SSSR count). The van der Waals surface area contributed by atoms with Crippen LogP contribution in [0.5, 0.6) is 0 Å². The molecule has 0 fully saturated rings. The first-order chi connectivity index (χ1) is 9.47. The molecule has 0 saturated heterocycles. The molecule has 1 heterocycles. The van der Waals surface area contributed by atoms with Gasteiger partial charge in [-0.2, -0.15) is 0 Å². The number of aromatic nitrogens is 3. The minimum absolute atomic E-state index is 0.0607. The zero-order valence-electron chi connectivity index (χ0n) is 12.2. The Hall–Kier alpha value is -1.72. The molecule has 1 aromatic heterocycles. The molecule has 0 bridgehead atoms. The highest BCUT2D eigenvalue weighted by Gasteiger charge is 2.15. The molecule has 0 radical (unpaired) electrons. The lowest BCUT2D eigenvalue weighted by molar-refractivity contribution is 0.174. The van der Waals surface area contributed by atoms with E-state index in [1.165, 1.54) is 0 Å². The summed E-state index contributed by atoms with van der Waals surface area (Å²) < 4.78 is 1.84. The van der Waals surface area contributed by atoms with Gasteiger partial charge in [0.1, 0.15) is 0 Å². The number of nitrogens with zero attached hydrogens (tertiary/aromatic N) is 3. The third-order valence-electron chi connectivity index (χ3n) is 3.06. The third kappa shape index (κ3) is 3.88. The summed E-state index contributed by atoms with van der Waals surface area (Å²) in [4.78, 5) is 0. The number of aliphatic hydroxyl groups is 1. The summed E-state index contributed by atoms with van der Waals surface area (Å²) >= 11 is 0. The average molecular weight is 274 g/mol. The molecule has 5 nitrogen and oxygen atoms in total. The van der Waals surface area contributed by atoms with Gasteiger partial charge in [-0.05, 0) is 26.3 Å². The summed E-state index contributed by atoms with van der Waals surface area (Å²) in [6.45, 7) is 7.33. The fourth-order valence-corrected chi connectivity index (χ4v) is 1.84. The van der Waals surface area contributed by atoms with Gasteiger partial charge in [-0.1, -0.05) is 35.5 Å². The summed E-state index contributed by atoms with van der Waals surface area (Å²) in [7, 11) is 0. The van der Waals surface area contributed by atoms with Gasteiger partial charge in [-0.3, -0.25) is 0 Å². The molecular formula is C15H22N4O. The number of benzene rings is 1. The van der Waals surface area contributed by atoms with Crippen LogP contribution in [0.3, 0.4) is 0 Å². The van der Waals surface area contributed by atoms with E-state index in [2.05, 4.69) is 36.4 Å². The second-order valence-electron chi connectivity index (χ2n) is 5.88. The van der Waals surface area contributed by atoms with E-state index in [9.17, 15) is 5.11 Å². The summed E-state index contributed by atoms with van der Waals surface area (Å²) in [6, 6.07) is 9.62. The number of hydrogen-bond donors (Lipinski definition) is 2.